The second-order valence-corrected chi connectivity index (χ2v) is 5.99. The largest absolute Gasteiger partial charge is 0.370 e. The van der Waals surface area contributed by atoms with Gasteiger partial charge in [0.1, 0.15) is 6.10 Å². The first-order valence-corrected chi connectivity index (χ1v) is 7.81. The van der Waals surface area contributed by atoms with Crippen molar-refractivity contribution in [2.24, 2.45) is 0 Å². The number of carbonyl (C=O) groups excluding carboxylic acids is 1. The zero-order valence-corrected chi connectivity index (χ0v) is 13.3. The highest BCUT2D eigenvalue weighted by atomic mass is 35.5. The molecule has 0 spiro atoms. The van der Waals surface area contributed by atoms with Crippen LogP contribution in [0.1, 0.15) is 22.0 Å². The number of carbonyl (C=O) groups is 1. The van der Waals surface area contributed by atoms with E-state index < -0.39 is 0 Å². The lowest BCUT2D eigenvalue weighted by Gasteiger charge is -2.33. The molecule has 2 aromatic carbocycles. The van der Waals surface area contributed by atoms with Gasteiger partial charge < -0.3 is 9.64 Å². The van der Waals surface area contributed by atoms with Gasteiger partial charge in [-0.1, -0.05) is 47.5 Å². The van der Waals surface area contributed by atoms with Crippen molar-refractivity contribution < 1.29 is 9.53 Å². The molecule has 5 heteroatoms. The number of amides is 1. The third-order valence-corrected chi connectivity index (χ3v) is 4.28. The molecule has 0 N–H and O–H groups in total. The van der Waals surface area contributed by atoms with Gasteiger partial charge in [-0.15, -0.1) is 0 Å². The Balaban J connectivity index is 1.77. The minimum atomic E-state index is -0.141. The molecule has 0 aliphatic carbocycles. The summed E-state index contributed by atoms with van der Waals surface area (Å²) in [5.41, 5.74) is 1.54. The molecular weight excluding hydrogens is 321 g/mol. The predicted octanol–water partition coefficient (Wildman–Crippen LogP) is 4.21. The summed E-state index contributed by atoms with van der Waals surface area (Å²) in [6.07, 6.45) is -0.141. The Kier molecular flexibility index (Phi) is 4.67. The Morgan fingerprint density at radius 2 is 1.82 bits per heavy atom. The molecule has 1 aliphatic heterocycles. The Morgan fingerprint density at radius 1 is 1.09 bits per heavy atom. The summed E-state index contributed by atoms with van der Waals surface area (Å²) in [6, 6.07) is 14.6. The Hall–Kier alpha value is -1.55. The molecule has 1 fully saturated rings. The van der Waals surface area contributed by atoms with E-state index in [0.717, 1.165) is 5.56 Å². The first-order valence-electron chi connectivity index (χ1n) is 7.06. The van der Waals surface area contributed by atoms with E-state index in [9.17, 15) is 4.79 Å². The molecule has 0 aromatic heterocycles. The van der Waals surface area contributed by atoms with Crippen LogP contribution < -0.4 is 0 Å². The number of hydrogen-bond donors (Lipinski definition) is 0. The first kappa shape index (κ1) is 15.3. The zero-order valence-electron chi connectivity index (χ0n) is 11.8. The summed E-state index contributed by atoms with van der Waals surface area (Å²) in [5.74, 6) is -0.0622. The van der Waals surface area contributed by atoms with E-state index in [2.05, 4.69) is 0 Å². The van der Waals surface area contributed by atoms with Gasteiger partial charge in [-0.3, -0.25) is 4.79 Å². The molecule has 22 heavy (non-hydrogen) atoms. The first-order chi connectivity index (χ1) is 10.6. The molecule has 1 aliphatic rings. The van der Waals surface area contributed by atoms with Crippen LogP contribution in [-0.4, -0.2) is 30.5 Å². The summed E-state index contributed by atoms with van der Waals surface area (Å²) < 4.78 is 5.78. The Morgan fingerprint density at radius 3 is 2.55 bits per heavy atom. The van der Waals surface area contributed by atoms with E-state index in [1.807, 2.05) is 36.4 Å². The predicted molar refractivity (Wildman–Crippen MR) is 87.5 cm³/mol. The van der Waals surface area contributed by atoms with Crippen LogP contribution in [0.5, 0.6) is 0 Å². The number of hydrogen-bond acceptors (Lipinski definition) is 2. The highest BCUT2D eigenvalue weighted by Crippen LogP contribution is 2.26. The topological polar surface area (TPSA) is 29.5 Å². The second-order valence-electron chi connectivity index (χ2n) is 5.14. The van der Waals surface area contributed by atoms with Crippen LogP contribution in [0.15, 0.2) is 48.5 Å². The van der Waals surface area contributed by atoms with Crippen LogP contribution in [-0.2, 0) is 4.74 Å². The number of nitrogens with zero attached hydrogens (tertiary/aromatic N) is 1. The van der Waals surface area contributed by atoms with Crippen LogP contribution >= 0.6 is 23.2 Å². The Bertz CT molecular complexity index is 673. The molecule has 1 saturated heterocycles. The summed E-state index contributed by atoms with van der Waals surface area (Å²) in [6.45, 7) is 1.57. The monoisotopic (exact) mass is 335 g/mol. The van der Waals surface area contributed by atoms with Gasteiger partial charge in [0.05, 0.1) is 23.7 Å². The molecule has 1 heterocycles. The standard InChI is InChI=1S/C17H15Cl2NO2/c18-13-7-5-12(6-8-13)16-11-20(9-10-22-16)17(21)14-3-1-2-4-15(14)19/h1-8,16H,9-11H2. The zero-order chi connectivity index (χ0) is 15.5. The highest BCUT2D eigenvalue weighted by molar-refractivity contribution is 6.33. The average molecular weight is 336 g/mol. The fourth-order valence-corrected chi connectivity index (χ4v) is 2.86. The van der Waals surface area contributed by atoms with Crippen LogP contribution in [0, 0.1) is 0 Å². The molecule has 0 saturated carbocycles. The normalized spacial score (nSPS) is 18.3. The van der Waals surface area contributed by atoms with Crippen LogP contribution in [0.25, 0.3) is 0 Å². The van der Waals surface area contributed by atoms with Crippen molar-refractivity contribution >= 4 is 29.1 Å². The maximum Gasteiger partial charge on any atom is 0.255 e. The molecule has 1 amide bonds. The minimum Gasteiger partial charge on any atom is -0.370 e. The molecule has 114 valence electrons. The minimum absolute atomic E-state index is 0.0622. The van der Waals surface area contributed by atoms with Crippen molar-refractivity contribution in [1.82, 2.24) is 4.90 Å². The van der Waals surface area contributed by atoms with Gasteiger partial charge in [0, 0.05) is 11.6 Å². The Labute approximate surface area is 139 Å². The smallest absolute Gasteiger partial charge is 0.255 e. The SMILES string of the molecule is O=C(c1ccccc1Cl)N1CCOC(c2ccc(Cl)cc2)C1. The quantitative estimate of drug-likeness (QED) is 0.822. The molecule has 1 unspecified atom stereocenters. The van der Waals surface area contributed by atoms with Crippen LogP contribution in [0.2, 0.25) is 10.0 Å². The van der Waals surface area contributed by atoms with E-state index in [4.69, 9.17) is 27.9 Å². The van der Waals surface area contributed by atoms with Crippen molar-refractivity contribution in [1.29, 1.82) is 0 Å². The molecule has 3 nitrogen and oxygen atoms in total. The summed E-state index contributed by atoms with van der Waals surface area (Å²) in [7, 11) is 0. The van der Waals surface area contributed by atoms with Crippen molar-refractivity contribution in [3.8, 4) is 0 Å². The number of halogens is 2. The van der Waals surface area contributed by atoms with Gasteiger partial charge in [-0.05, 0) is 29.8 Å². The summed E-state index contributed by atoms with van der Waals surface area (Å²) >= 11 is 12.0. The molecule has 2 aromatic rings. The van der Waals surface area contributed by atoms with Crippen molar-refractivity contribution in [3.63, 3.8) is 0 Å². The van der Waals surface area contributed by atoms with Crippen molar-refractivity contribution in [2.45, 2.75) is 6.10 Å². The van der Waals surface area contributed by atoms with E-state index in [1.54, 1.807) is 17.0 Å². The van der Waals surface area contributed by atoms with Gasteiger partial charge in [0.25, 0.3) is 5.91 Å². The molecular formula is C17H15Cl2NO2. The van der Waals surface area contributed by atoms with E-state index >= 15 is 0 Å². The van der Waals surface area contributed by atoms with Crippen molar-refractivity contribution in [3.05, 3.63) is 69.7 Å². The third-order valence-electron chi connectivity index (χ3n) is 3.70. The van der Waals surface area contributed by atoms with Crippen molar-refractivity contribution in [2.75, 3.05) is 19.7 Å². The van der Waals surface area contributed by atoms with E-state index in [-0.39, 0.29) is 12.0 Å². The number of ether oxygens (including phenoxy) is 1. The second kappa shape index (κ2) is 6.69. The average Bonchev–Trinajstić information content (AvgIpc) is 2.55. The summed E-state index contributed by atoms with van der Waals surface area (Å²) in [5, 5.41) is 1.16. The molecule has 1 atom stereocenters. The number of rotatable bonds is 2. The van der Waals surface area contributed by atoms with Gasteiger partial charge >= 0.3 is 0 Å². The lowest BCUT2D eigenvalue weighted by Crippen LogP contribution is -2.42. The van der Waals surface area contributed by atoms with E-state index in [0.29, 0.717) is 35.3 Å². The number of benzene rings is 2. The van der Waals surface area contributed by atoms with E-state index in [1.165, 1.54) is 0 Å². The fraction of sp³-hybridized carbons (Fsp3) is 0.235. The highest BCUT2D eigenvalue weighted by Gasteiger charge is 2.26. The van der Waals surface area contributed by atoms with Gasteiger partial charge in [-0.25, -0.2) is 0 Å². The van der Waals surface area contributed by atoms with Crippen LogP contribution in [0.4, 0.5) is 0 Å². The maximum absolute atomic E-state index is 12.6. The lowest BCUT2D eigenvalue weighted by molar-refractivity contribution is -0.0228. The molecule has 0 radical (unpaired) electrons. The molecule has 0 bridgehead atoms. The van der Waals surface area contributed by atoms with Gasteiger partial charge in [0.15, 0.2) is 0 Å². The summed E-state index contributed by atoms with van der Waals surface area (Å²) in [4.78, 5) is 14.4. The third kappa shape index (κ3) is 3.27. The molecule has 3 rings (SSSR count). The van der Waals surface area contributed by atoms with Gasteiger partial charge in [-0.2, -0.15) is 0 Å². The number of morpholine rings is 1. The maximum atomic E-state index is 12.6. The fourth-order valence-electron chi connectivity index (χ4n) is 2.52. The lowest BCUT2D eigenvalue weighted by atomic mass is 10.1. The van der Waals surface area contributed by atoms with Crippen LogP contribution in [0.3, 0.4) is 0 Å². The van der Waals surface area contributed by atoms with Gasteiger partial charge in [0.2, 0.25) is 0 Å².